The molecule has 28 heavy (non-hydrogen) atoms. The fourth-order valence-corrected chi connectivity index (χ4v) is 3.99. The number of piperazine rings is 1. The highest BCUT2D eigenvalue weighted by Crippen LogP contribution is 2.27. The molecular formula is C22H24FN3O2. The third-order valence-corrected chi connectivity index (χ3v) is 5.53. The minimum atomic E-state index is -0.380. The number of benzene rings is 2. The molecule has 2 amide bonds. The van der Waals surface area contributed by atoms with Crippen molar-refractivity contribution in [3.8, 4) is 0 Å². The lowest BCUT2D eigenvalue weighted by atomic mass is 10.1. The molecule has 0 aliphatic carbocycles. The zero-order chi connectivity index (χ0) is 19.5. The number of nitrogens with zero attached hydrogens (tertiary/aromatic N) is 3. The smallest absolute Gasteiger partial charge is 0.228 e. The van der Waals surface area contributed by atoms with Gasteiger partial charge in [-0.05, 0) is 23.8 Å². The molecule has 0 radical (unpaired) electrons. The van der Waals surface area contributed by atoms with Crippen molar-refractivity contribution in [2.24, 2.45) is 5.92 Å². The first-order chi connectivity index (χ1) is 13.6. The van der Waals surface area contributed by atoms with E-state index in [9.17, 15) is 14.0 Å². The molecule has 0 saturated carbocycles. The monoisotopic (exact) mass is 381 g/mol. The predicted molar refractivity (Wildman–Crippen MR) is 105 cm³/mol. The van der Waals surface area contributed by atoms with Gasteiger partial charge in [0.25, 0.3) is 0 Å². The molecule has 6 heteroatoms. The average molecular weight is 381 g/mol. The third kappa shape index (κ3) is 4.07. The predicted octanol–water partition coefficient (Wildman–Crippen LogP) is 2.52. The quantitative estimate of drug-likeness (QED) is 0.818. The molecule has 2 saturated heterocycles. The Labute approximate surface area is 164 Å². The number of carbonyl (C=O) groups excluding carboxylic acids is 2. The molecule has 0 N–H and O–H groups in total. The first-order valence-corrected chi connectivity index (χ1v) is 9.71. The number of hydrogen-bond donors (Lipinski definition) is 0. The van der Waals surface area contributed by atoms with Gasteiger partial charge >= 0.3 is 0 Å². The van der Waals surface area contributed by atoms with Crippen molar-refractivity contribution in [1.29, 1.82) is 0 Å². The molecule has 5 nitrogen and oxygen atoms in total. The molecule has 2 aliphatic heterocycles. The van der Waals surface area contributed by atoms with Gasteiger partial charge in [-0.15, -0.1) is 0 Å². The molecule has 2 heterocycles. The number of anilines is 1. The molecule has 1 unspecified atom stereocenters. The van der Waals surface area contributed by atoms with Crippen molar-refractivity contribution < 1.29 is 14.0 Å². The second-order valence-corrected chi connectivity index (χ2v) is 7.47. The van der Waals surface area contributed by atoms with Crippen molar-refractivity contribution in [3.05, 3.63) is 66.0 Å². The summed E-state index contributed by atoms with van der Waals surface area (Å²) < 4.78 is 13.5. The fourth-order valence-electron chi connectivity index (χ4n) is 3.99. The van der Waals surface area contributed by atoms with Crippen LogP contribution in [-0.4, -0.2) is 54.3 Å². The lowest BCUT2D eigenvalue weighted by Gasteiger charge is -2.35. The summed E-state index contributed by atoms with van der Waals surface area (Å²) in [4.78, 5) is 31.0. The number of carbonyl (C=O) groups is 2. The summed E-state index contributed by atoms with van der Waals surface area (Å²) in [6.45, 7) is 4.22. The van der Waals surface area contributed by atoms with Gasteiger partial charge < -0.3 is 9.80 Å². The van der Waals surface area contributed by atoms with Crippen molar-refractivity contribution in [1.82, 2.24) is 9.80 Å². The van der Waals surface area contributed by atoms with Gasteiger partial charge in [-0.1, -0.05) is 36.4 Å². The summed E-state index contributed by atoms with van der Waals surface area (Å²) in [6.07, 6.45) is 0.194. The van der Waals surface area contributed by atoms with Crippen molar-refractivity contribution in [2.45, 2.75) is 13.0 Å². The van der Waals surface area contributed by atoms with E-state index in [4.69, 9.17) is 0 Å². The molecule has 1 atom stereocenters. The second kappa shape index (κ2) is 8.10. The Morgan fingerprint density at radius 2 is 1.75 bits per heavy atom. The largest absolute Gasteiger partial charge is 0.340 e. The zero-order valence-corrected chi connectivity index (χ0v) is 15.8. The molecular weight excluding hydrogens is 357 g/mol. The minimum Gasteiger partial charge on any atom is -0.340 e. The van der Waals surface area contributed by atoms with E-state index >= 15 is 0 Å². The number of hydrogen-bond acceptors (Lipinski definition) is 3. The van der Waals surface area contributed by atoms with E-state index in [-0.39, 0.29) is 30.0 Å². The number of amides is 2. The SMILES string of the molecule is O=C(C1CC(=O)N(c2cccc(F)c2)C1)N1CCN(Cc2ccccc2)CC1. The number of rotatable bonds is 4. The number of halogens is 1. The van der Waals surface area contributed by atoms with Crippen LogP contribution in [0.15, 0.2) is 54.6 Å². The van der Waals surface area contributed by atoms with Crippen molar-refractivity contribution >= 4 is 17.5 Å². The second-order valence-electron chi connectivity index (χ2n) is 7.47. The van der Waals surface area contributed by atoms with Crippen LogP contribution in [0.3, 0.4) is 0 Å². The lowest BCUT2D eigenvalue weighted by Crippen LogP contribution is -2.50. The van der Waals surface area contributed by atoms with Gasteiger partial charge in [0.15, 0.2) is 0 Å². The highest BCUT2D eigenvalue weighted by molar-refractivity contribution is 6.00. The Morgan fingerprint density at radius 1 is 1.00 bits per heavy atom. The van der Waals surface area contributed by atoms with Gasteiger partial charge in [-0.25, -0.2) is 4.39 Å². The van der Waals surface area contributed by atoms with E-state index in [0.717, 1.165) is 19.6 Å². The topological polar surface area (TPSA) is 43.9 Å². The van der Waals surface area contributed by atoms with Crippen LogP contribution in [0.1, 0.15) is 12.0 Å². The summed E-state index contributed by atoms with van der Waals surface area (Å²) in [5.74, 6) is -0.815. The van der Waals surface area contributed by atoms with Crippen molar-refractivity contribution in [2.75, 3.05) is 37.6 Å². The molecule has 2 aliphatic rings. The van der Waals surface area contributed by atoms with E-state index in [1.165, 1.54) is 22.6 Å². The minimum absolute atomic E-state index is 0.0339. The van der Waals surface area contributed by atoms with Crippen LogP contribution in [0.2, 0.25) is 0 Å². The average Bonchev–Trinajstić information content (AvgIpc) is 3.10. The first-order valence-electron chi connectivity index (χ1n) is 9.71. The maximum atomic E-state index is 13.5. The zero-order valence-electron chi connectivity index (χ0n) is 15.8. The van der Waals surface area contributed by atoms with Crippen LogP contribution < -0.4 is 4.90 Å². The van der Waals surface area contributed by atoms with Gasteiger partial charge in [0.2, 0.25) is 11.8 Å². The summed E-state index contributed by atoms with van der Waals surface area (Å²) in [5, 5.41) is 0. The van der Waals surface area contributed by atoms with Crippen LogP contribution >= 0.6 is 0 Å². The lowest BCUT2D eigenvalue weighted by molar-refractivity contribution is -0.137. The Bertz CT molecular complexity index is 850. The van der Waals surface area contributed by atoms with Crippen LogP contribution in [0.25, 0.3) is 0 Å². The van der Waals surface area contributed by atoms with Gasteiger partial charge in [0.1, 0.15) is 5.82 Å². The van der Waals surface area contributed by atoms with E-state index < -0.39 is 0 Å². The summed E-state index contributed by atoms with van der Waals surface area (Å²) in [7, 11) is 0. The van der Waals surface area contributed by atoms with Crippen molar-refractivity contribution in [3.63, 3.8) is 0 Å². The molecule has 0 aromatic heterocycles. The third-order valence-electron chi connectivity index (χ3n) is 5.53. The molecule has 2 fully saturated rings. The van der Waals surface area contributed by atoms with Crippen LogP contribution in [-0.2, 0) is 16.1 Å². The fraction of sp³-hybridized carbons (Fsp3) is 0.364. The summed E-state index contributed by atoms with van der Waals surface area (Å²) in [5.41, 5.74) is 1.79. The van der Waals surface area contributed by atoms with Gasteiger partial charge in [-0.2, -0.15) is 0 Å². The van der Waals surface area contributed by atoms with Gasteiger partial charge in [0.05, 0.1) is 5.92 Å². The molecule has 2 aromatic carbocycles. The van der Waals surface area contributed by atoms with Crippen LogP contribution in [0.5, 0.6) is 0 Å². The van der Waals surface area contributed by atoms with Crippen LogP contribution in [0.4, 0.5) is 10.1 Å². The van der Waals surface area contributed by atoms with E-state index in [0.29, 0.717) is 25.3 Å². The Balaban J connectivity index is 1.32. The normalized spacial score (nSPS) is 20.6. The van der Waals surface area contributed by atoms with Gasteiger partial charge in [-0.3, -0.25) is 14.5 Å². The summed E-state index contributed by atoms with van der Waals surface area (Å²) in [6, 6.07) is 16.3. The van der Waals surface area contributed by atoms with Gasteiger partial charge in [0, 0.05) is 51.4 Å². The van der Waals surface area contributed by atoms with Crippen LogP contribution in [0, 0.1) is 11.7 Å². The highest BCUT2D eigenvalue weighted by Gasteiger charge is 2.38. The maximum Gasteiger partial charge on any atom is 0.228 e. The van der Waals surface area contributed by atoms with E-state index in [1.54, 1.807) is 12.1 Å². The Morgan fingerprint density at radius 3 is 2.46 bits per heavy atom. The first kappa shape index (κ1) is 18.6. The molecule has 0 spiro atoms. The molecule has 4 rings (SSSR count). The Hall–Kier alpha value is -2.73. The molecule has 146 valence electrons. The maximum absolute atomic E-state index is 13.5. The Kier molecular flexibility index (Phi) is 5.39. The van der Waals surface area contributed by atoms with E-state index in [1.807, 2.05) is 23.1 Å². The molecule has 2 aromatic rings. The van der Waals surface area contributed by atoms with E-state index in [2.05, 4.69) is 17.0 Å². The highest BCUT2D eigenvalue weighted by atomic mass is 19.1. The standard InChI is InChI=1S/C22H24FN3O2/c23-19-7-4-8-20(14-19)26-16-18(13-21(26)27)22(28)25-11-9-24(10-12-25)15-17-5-2-1-3-6-17/h1-8,14,18H,9-13,15-16H2. The molecule has 0 bridgehead atoms. The summed E-state index contributed by atoms with van der Waals surface area (Å²) >= 11 is 0.